The van der Waals surface area contributed by atoms with Gasteiger partial charge in [-0.3, -0.25) is 0 Å². The van der Waals surface area contributed by atoms with Gasteiger partial charge in [0.05, 0.1) is 11.2 Å². The van der Waals surface area contributed by atoms with Crippen LogP contribution in [-0.2, 0) is 11.8 Å². The molecule has 0 bridgehead atoms. The highest BCUT2D eigenvalue weighted by Crippen LogP contribution is 2.54. The predicted molar refractivity (Wildman–Crippen MR) is 90.9 cm³/mol. The Labute approximate surface area is 138 Å². The van der Waals surface area contributed by atoms with Gasteiger partial charge >= 0.3 is 5.97 Å². The number of fused-ring (bicyclic) bond motifs is 3. The highest BCUT2D eigenvalue weighted by molar-refractivity contribution is 5.88. The van der Waals surface area contributed by atoms with Crippen LogP contribution in [0.15, 0.2) is 18.2 Å². The number of carbonyl (C=O) groups is 1. The third kappa shape index (κ3) is 2.69. The van der Waals surface area contributed by atoms with Gasteiger partial charge in [-0.1, -0.05) is 19.9 Å². The second-order valence-corrected chi connectivity index (χ2v) is 7.56. The van der Waals surface area contributed by atoms with Gasteiger partial charge in [-0.2, -0.15) is 0 Å². The van der Waals surface area contributed by atoms with Crippen LogP contribution in [0.2, 0.25) is 0 Å². The lowest BCUT2D eigenvalue weighted by molar-refractivity contribution is -0.0505. The van der Waals surface area contributed by atoms with Crippen molar-refractivity contribution in [2.24, 2.45) is 5.92 Å². The summed E-state index contributed by atoms with van der Waals surface area (Å²) < 4.78 is 0. The summed E-state index contributed by atoms with van der Waals surface area (Å²) in [6, 6.07) is 5.72. The normalized spacial score (nSPS) is 33.4. The third-order valence-electron chi connectivity index (χ3n) is 6.62. The molecule has 0 amide bonds. The minimum atomic E-state index is -0.844. The van der Waals surface area contributed by atoms with Crippen molar-refractivity contribution in [3.05, 3.63) is 34.9 Å². The number of aryl methyl sites for hydroxylation is 1. The van der Waals surface area contributed by atoms with Gasteiger partial charge in [0.25, 0.3) is 0 Å². The van der Waals surface area contributed by atoms with Gasteiger partial charge < -0.3 is 10.2 Å². The molecule has 3 heteroatoms. The molecule has 1 aromatic carbocycles. The van der Waals surface area contributed by atoms with Crippen LogP contribution in [0.5, 0.6) is 0 Å². The van der Waals surface area contributed by atoms with Crippen LogP contribution in [0.3, 0.4) is 0 Å². The molecule has 0 aromatic heterocycles. The molecule has 126 valence electrons. The van der Waals surface area contributed by atoms with E-state index < -0.39 is 11.6 Å². The molecule has 2 aliphatic rings. The van der Waals surface area contributed by atoms with Gasteiger partial charge in [0.1, 0.15) is 0 Å². The molecule has 1 saturated carbocycles. The molecule has 23 heavy (non-hydrogen) atoms. The number of aromatic carboxylic acids is 1. The quantitative estimate of drug-likeness (QED) is 0.873. The first-order valence-corrected chi connectivity index (χ1v) is 9.03. The molecule has 0 heterocycles. The number of aliphatic hydroxyl groups is 1. The van der Waals surface area contributed by atoms with Crippen LogP contribution in [0, 0.1) is 5.92 Å². The second-order valence-electron chi connectivity index (χ2n) is 7.56. The molecule has 3 atom stereocenters. The zero-order valence-corrected chi connectivity index (χ0v) is 14.3. The molecule has 0 spiro atoms. The molecular formula is C20H28O3. The summed E-state index contributed by atoms with van der Waals surface area (Å²) in [7, 11) is 0. The lowest BCUT2D eigenvalue weighted by Crippen LogP contribution is -2.47. The van der Waals surface area contributed by atoms with E-state index in [0.29, 0.717) is 11.5 Å². The summed E-state index contributed by atoms with van der Waals surface area (Å²) in [5, 5.41) is 20.1. The van der Waals surface area contributed by atoms with E-state index in [2.05, 4.69) is 19.9 Å². The predicted octanol–water partition coefficient (Wildman–Crippen LogP) is 4.31. The van der Waals surface area contributed by atoms with Crippen LogP contribution in [0.1, 0.15) is 80.3 Å². The summed E-state index contributed by atoms with van der Waals surface area (Å²) in [5.74, 6) is -0.341. The Kier molecular flexibility index (Phi) is 4.26. The minimum Gasteiger partial charge on any atom is -0.478 e. The third-order valence-corrected chi connectivity index (χ3v) is 6.62. The van der Waals surface area contributed by atoms with E-state index >= 15 is 0 Å². The second kappa shape index (κ2) is 5.94. The highest BCUT2D eigenvalue weighted by Gasteiger charge is 2.49. The maximum Gasteiger partial charge on any atom is 0.335 e. The largest absolute Gasteiger partial charge is 0.478 e. The number of benzene rings is 1. The topological polar surface area (TPSA) is 57.5 Å². The van der Waals surface area contributed by atoms with Crippen LogP contribution in [0.4, 0.5) is 0 Å². The Morgan fingerprint density at radius 3 is 2.70 bits per heavy atom. The van der Waals surface area contributed by atoms with Crippen LogP contribution in [-0.4, -0.2) is 21.8 Å². The first-order chi connectivity index (χ1) is 10.9. The van der Waals surface area contributed by atoms with Gasteiger partial charge in [-0.25, -0.2) is 4.79 Å². The molecular weight excluding hydrogens is 288 g/mol. The fourth-order valence-electron chi connectivity index (χ4n) is 5.08. The molecule has 0 radical (unpaired) electrons. The molecule has 2 aliphatic carbocycles. The van der Waals surface area contributed by atoms with E-state index in [0.717, 1.165) is 51.4 Å². The van der Waals surface area contributed by atoms with Gasteiger partial charge in [-0.05, 0) is 86.0 Å². The first-order valence-electron chi connectivity index (χ1n) is 9.03. The van der Waals surface area contributed by atoms with Crippen molar-refractivity contribution in [3.63, 3.8) is 0 Å². The SMILES string of the molecule is CC[C@]1(O)CC[C@]2(CC)c3ccc(C(=O)O)cc3CCC[C@@H]2C1. The van der Waals surface area contributed by atoms with Gasteiger partial charge in [0, 0.05) is 0 Å². The molecule has 3 rings (SSSR count). The number of hydrogen-bond acceptors (Lipinski definition) is 2. The molecule has 1 fully saturated rings. The Morgan fingerprint density at radius 1 is 1.26 bits per heavy atom. The molecule has 0 aliphatic heterocycles. The average Bonchev–Trinajstić information content (AvgIpc) is 2.70. The Balaban J connectivity index is 2.06. The average molecular weight is 316 g/mol. The maximum atomic E-state index is 11.3. The van der Waals surface area contributed by atoms with E-state index in [1.165, 1.54) is 11.1 Å². The fraction of sp³-hybridized carbons (Fsp3) is 0.650. The van der Waals surface area contributed by atoms with Crippen molar-refractivity contribution in [3.8, 4) is 0 Å². The van der Waals surface area contributed by atoms with E-state index in [4.69, 9.17) is 0 Å². The van der Waals surface area contributed by atoms with Crippen molar-refractivity contribution in [2.75, 3.05) is 0 Å². The Morgan fingerprint density at radius 2 is 2.04 bits per heavy atom. The molecule has 0 unspecified atom stereocenters. The molecule has 3 nitrogen and oxygen atoms in total. The molecule has 1 aromatic rings. The number of hydrogen-bond donors (Lipinski definition) is 2. The van der Waals surface area contributed by atoms with E-state index in [-0.39, 0.29) is 5.41 Å². The lowest BCUT2D eigenvalue weighted by atomic mass is 9.56. The zero-order chi connectivity index (χ0) is 16.7. The highest BCUT2D eigenvalue weighted by atomic mass is 16.4. The minimum absolute atomic E-state index is 0.115. The van der Waals surface area contributed by atoms with Crippen LogP contribution in [0.25, 0.3) is 0 Å². The molecule has 2 N–H and O–H groups in total. The van der Waals surface area contributed by atoms with Crippen molar-refractivity contribution in [1.82, 2.24) is 0 Å². The Bertz CT molecular complexity index is 609. The van der Waals surface area contributed by atoms with Gasteiger partial charge in [0.2, 0.25) is 0 Å². The van der Waals surface area contributed by atoms with Crippen LogP contribution < -0.4 is 0 Å². The van der Waals surface area contributed by atoms with Crippen molar-refractivity contribution >= 4 is 5.97 Å². The monoisotopic (exact) mass is 316 g/mol. The number of rotatable bonds is 3. The Hall–Kier alpha value is -1.35. The molecule has 0 saturated heterocycles. The lowest BCUT2D eigenvalue weighted by Gasteiger charge is -2.50. The van der Waals surface area contributed by atoms with Crippen molar-refractivity contribution in [1.29, 1.82) is 0 Å². The van der Waals surface area contributed by atoms with Gasteiger partial charge in [-0.15, -0.1) is 0 Å². The van der Waals surface area contributed by atoms with E-state index in [1.54, 1.807) is 6.07 Å². The van der Waals surface area contributed by atoms with Crippen molar-refractivity contribution in [2.45, 2.75) is 76.2 Å². The zero-order valence-electron chi connectivity index (χ0n) is 14.3. The maximum absolute atomic E-state index is 11.3. The van der Waals surface area contributed by atoms with Gasteiger partial charge in [0.15, 0.2) is 0 Å². The summed E-state index contributed by atoms with van der Waals surface area (Å²) >= 11 is 0. The summed E-state index contributed by atoms with van der Waals surface area (Å²) in [4.78, 5) is 11.3. The standard InChI is InChI=1S/C20H28O3/c1-3-19(23)10-11-20(4-2)16(13-19)7-5-6-14-12-15(18(21)22)8-9-17(14)20/h8-9,12,16,23H,3-7,10-11,13H2,1-2H3,(H,21,22)/t16-,19+,20+/m1/s1. The van der Waals surface area contributed by atoms with Crippen LogP contribution >= 0.6 is 0 Å². The van der Waals surface area contributed by atoms with E-state index in [9.17, 15) is 15.0 Å². The fourth-order valence-corrected chi connectivity index (χ4v) is 5.08. The number of carboxylic acid groups (broad SMARTS) is 1. The van der Waals surface area contributed by atoms with Crippen molar-refractivity contribution < 1.29 is 15.0 Å². The summed E-state index contributed by atoms with van der Waals surface area (Å²) in [5.41, 5.74) is 2.58. The summed E-state index contributed by atoms with van der Waals surface area (Å²) in [6.07, 6.45) is 7.82. The first kappa shape index (κ1) is 16.5. The smallest absolute Gasteiger partial charge is 0.335 e. The summed E-state index contributed by atoms with van der Waals surface area (Å²) in [6.45, 7) is 4.34. The van der Waals surface area contributed by atoms with E-state index in [1.807, 2.05) is 6.07 Å². The number of carboxylic acids is 1.